The normalized spacial score (nSPS) is 23.7. The van der Waals surface area contributed by atoms with Crippen LogP contribution in [0.25, 0.3) is 0 Å². The van der Waals surface area contributed by atoms with Crippen molar-refractivity contribution in [3.05, 3.63) is 58.9 Å². The van der Waals surface area contributed by atoms with Crippen LogP contribution in [0.4, 0.5) is 4.39 Å². The van der Waals surface area contributed by atoms with Crippen LogP contribution in [0, 0.1) is 11.7 Å². The zero-order valence-electron chi connectivity index (χ0n) is 16.2. The molecule has 9 heteroatoms. The molecule has 3 N–H and O–H groups in total. The number of fused-ring (bicyclic) bond motifs is 1. The highest BCUT2D eigenvalue weighted by Crippen LogP contribution is 2.30. The average molecular weight is 452 g/mol. The van der Waals surface area contributed by atoms with Gasteiger partial charge >= 0.3 is 0 Å². The van der Waals surface area contributed by atoms with Crippen LogP contribution in [-0.4, -0.2) is 39.5 Å². The summed E-state index contributed by atoms with van der Waals surface area (Å²) in [4.78, 5) is 11.9. The SMILES string of the molecule is O=C(NCc1ccc(S(=O)(=O)c2c(F)cccc2Cl)cc1)C1CC2CNCCC2N1. The van der Waals surface area contributed by atoms with Gasteiger partial charge in [0.05, 0.1) is 16.0 Å². The molecule has 0 spiro atoms. The number of benzene rings is 2. The second-order valence-corrected chi connectivity index (χ2v) is 10.0. The molecule has 0 aliphatic carbocycles. The van der Waals surface area contributed by atoms with Gasteiger partial charge in [-0.25, -0.2) is 12.8 Å². The van der Waals surface area contributed by atoms with Crippen molar-refractivity contribution in [3.8, 4) is 0 Å². The number of hydrogen-bond acceptors (Lipinski definition) is 5. The van der Waals surface area contributed by atoms with Gasteiger partial charge in [-0.15, -0.1) is 0 Å². The van der Waals surface area contributed by atoms with Gasteiger partial charge in [0.2, 0.25) is 15.7 Å². The van der Waals surface area contributed by atoms with Crippen molar-refractivity contribution >= 4 is 27.3 Å². The van der Waals surface area contributed by atoms with Gasteiger partial charge in [0, 0.05) is 12.6 Å². The minimum Gasteiger partial charge on any atom is -0.351 e. The van der Waals surface area contributed by atoms with E-state index in [0.29, 0.717) is 12.0 Å². The summed E-state index contributed by atoms with van der Waals surface area (Å²) < 4.78 is 39.5. The summed E-state index contributed by atoms with van der Waals surface area (Å²) in [5.74, 6) is -0.470. The maximum Gasteiger partial charge on any atom is 0.237 e. The first kappa shape index (κ1) is 21.2. The quantitative estimate of drug-likeness (QED) is 0.649. The van der Waals surface area contributed by atoms with E-state index in [4.69, 9.17) is 11.6 Å². The molecule has 3 atom stereocenters. The molecule has 160 valence electrons. The number of halogens is 2. The van der Waals surface area contributed by atoms with E-state index in [-0.39, 0.29) is 28.4 Å². The van der Waals surface area contributed by atoms with E-state index >= 15 is 0 Å². The molecule has 0 radical (unpaired) electrons. The van der Waals surface area contributed by atoms with Crippen LogP contribution < -0.4 is 16.0 Å². The Morgan fingerprint density at radius 2 is 1.97 bits per heavy atom. The van der Waals surface area contributed by atoms with Crippen LogP contribution >= 0.6 is 11.6 Å². The summed E-state index contributed by atoms with van der Waals surface area (Å²) >= 11 is 5.91. The molecule has 0 saturated carbocycles. The van der Waals surface area contributed by atoms with Crippen molar-refractivity contribution in [2.24, 2.45) is 5.92 Å². The number of nitrogens with one attached hydrogen (secondary N) is 3. The largest absolute Gasteiger partial charge is 0.351 e. The second kappa shape index (κ2) is 8.63. The molecule has 6 nitrogen and oxygen atoms in total. The molecule has 2 aromatic carbocycles. The third-order valence-electron chi connectivity index (χ3n) is 5.77. The first-order valence-electron chi connectivity index (χ1n) is 9.89. The molecule has 1 amide bonds. The second-order valence-electron chi connectivity index (χ2n) is 7.73. The Morgan fingerprint density at radius 3 is 2.67 bits per heavy atom. The molecular formula is C21H23ClFN3O3S. The van der Waals surface area contributed by atoms with Crippen LogP contribution in [0.5, 0.6) is 0 Å². The van der Waals surface area contributed by atoms with Gasteiger partial charge in [0.15, 0.2) is 0 Å². The van der Waals surface area contributed by atoms with Crippen molar-refractivity contribution in [3.63, 3.8) is 0 Å². The Bertz CT molecular complexity index is 1010. The zero-order chi connectivity index (χ0) is 21.3. The maximum absolute atomic E-state index is 14.1. The van der Waals surface area contributed by atoms with Crippen molar-refractivity contribution < 1.29 is 17.6 Å². The molecule has 2 fully saturated rings. The molecule has 3 unspecified atom stereocenters. The molecule has 0 aromatic heterocycles. The predicted octanol–water partition coefficient (Wildman–Crippen LogP) is 2.27. The van der Waals surface area contributed by atoms with Crippen LogP contribution in [0.15, 0.2) is 52.3 Å². The van der Waals surface area contributed by atoms with Gasteiger partial charge in [-0.05, 0) is 61.7 Å². The molecule has 2 aliphatic heterocycles. The molecule has 2 heterocycles. The maximum atomic E-state index is 14.1. The van der Waals surface area contributed by atoms with Crippen molar-refractivity contribution in [1.29, 1.82) is 0 Å². The highest BCUT2D eigenvalue weighted by Gasteiger charge is 2.38. The van der Waals surface area contributed by atoms with Gasteiger partial charge in [-0.2, -0.15) is 0 Å². The Morgan fingerprint density at radius 1 is 1.20 bits per heavy atom. The van der Waals surface area contributed by atoms with E-state index < -0.39 is 20.5 Å². The van der Waals surface area contributed by atoms with Crippen molar-refractivity contribution in [2.75, 3.05) is 13.1 Å². The highest BCUT2D eigenvalue weighted by molar-refractivity contribution is 7.91. The molecule has 0 bridgehead atoms. The van der Waals surface area contributed by atoms with Crippen molar-refractivity contribution in [2.45, 2.75) is 41.3 Å². The smallest absolute Gasteiger partial charge is 0.237 e. The Labute approximate surface area is 180 Å². The predicted molar refractivity (Wildman–Crippen MR) is 111 cm³/mol. The molecule has 2 aromatic rings. The van der Waals surface area contributed by atoms with Crippen LogP contribution in [0.2, 0.25) is 5.02 Å². The Balaban J connectivity index is 1.40. The summed E-state index contributed by atoms with van der Waals surface area (Å²) in [6.07, 6.45) is 1.83. The number of hydrogen-bond donors (Lipinski definition) is 3. The summed E-state index contributed by atoms with van der Waals surface area (Å²) in [7, 11) is -4.08. The Hall–Kier alpha value is -2.00. The fraction of sp³-hybridized carbons (Fsp3) is 0.381. The van der Waals surface area contributed by atoms with Gasteiger partial charge in [0.25, 0.3) is 0 Å². The van der Waals surface area contributed by atoms with E-state index in [1.807, 2.05) is 0 Å². The number of sulfone groups is 1. The lowest BCUT2D eigenvalue weighted by atomic mass is 9.94. The summed E-state index contributed by atoms with van der Waals surface area (Å²) in [5, 5.41) is 9.51. The van der Waals surface area contributed by atoms with E-state index in [1.165, 1.54) is 24.3 Å². The van der Waals surface area contributed by atoms with Crippen LogP contribution in [0.1, 0.15) is 18.4 Å². The number of rotatable bonds is 5. The van der Waals surface area contributed by atoms with Gasteiger partial charge in [0.1, 0.15) is 10.7 Å². The minimum absolute atomic E-state index is 0.0563. The summed E-state index contributed by atoms with van der Waals surface area (Å²) in [6.45, 7) is 2.19. The topological polar surface area (TPSA) is 87.3 Å². The lowest BCUT2D eigenvalue weighted by Crippen LogP contribution is -2.45. The standard InChI is InChI=1S/C21H23ClFN3O3S/c22-16-2-1-3-17(23)20(16)30(28,29)15-6-4-13(5-7-15)11-25-21(27)19-10-14-12-24-9-8-18(14)26-19/h1-7,14,18-19,24,26H,8-12H2,(H,25,27). The average Bonchev–Trinajstić information content (AvgIpc) is 3.16. The Kier molecular flexibility index (Phi) is 6.11. The third kappa shape index (κ3) is 4.23. The molecular weight excluding hydrogens is 429 g/mol. The highest BCUT2D eigenvalue weighted by atomic mass is 35.5. The van der Waals surface area contributed by atoms with E-state index in [1.54, 1.807) is 12.1 Å². The summed E-state index contributed by atoms with van der Waals surface area (Å²) in [6, 6.07) is 9.94. The molecule has 4 rings (SSSR count). The number of carbonyl (C=O) groups excluding carboxylic acids is 1. The number of amides is 1. The van der Waals surface area contributed by atoms with E-state index in [2.05, 4.69) is 16.0 Å². The molecule has 30 heavy (non-hydrogen) atoms. The minimum atomic E-state index is -4.08. The number of carbonyl (C=O) groups is 1. The van der Waals surface area contributed by atoms with Crippen LogP contribution in [0.3, 0.4) is 0 Å². The fourth-order valence-corrected chi connectivity index (χ4v) is 6.01. The fourth-order valence-electron chi connectivity index (χ4n) is 4.16. The van der Waals surface area contributed by atoms with Gasteiger partial charge < -0.3 is 16.0 Å². The zero-order valence-corrected chi connectivity index (χ0v) is 17.8. The third-order valence-corrected chi connectivity index (χ3v) is 8.04. The number of piperidine rings is 1. The van der Waals surface area contributed by atoms with Crippen LogP contribution in [-0.2, 0) is 21.2 Å². The van der Waals surface area contributed by atoms with Gasteiger partial charge in [-0.3, -0.25) is 4.79 Å². The summed E-state index contributed by atoms with van der Waals surface area (Å²) in [5.41, 5.74) is 0.749. The van der Waals surface area contributed by atoms with Gasteiger partial charge in [-0.1, -0.05) is 29.8 Å². The molecule has 2 saturated heterocycles. The molecule has 2 aliphatic rings. The lowest BCUT2D eigenvalue weighted by molar-refractivity contribution is -0.123. The van der Waals surface area contributed by atoms with E-state index in [9.17, 15) is 17.6 Å². The first-order chi connectivity index (χ1) is 14.4. The monoisotopic (exact) mass is 451 g/mol. The lowest BCUT2D eigenvalue weighted by Gasteiger charge is -2.25. The van der Waals surface area contributed by atoms with E-state index in [0.717, 1.165) is 37.6 Å². The van der Waals surface area contributed by atoms with Crippen molar-refractivity contribution in [1.82, 2.24) is 16.0 Å². The first-order valence-corrected chi connectivity index (χ1v) is 11.7.